The maximum absolute atomic E-state index is 15.0. The fourth-order valence-corrected chi connectivity index (χ4v) is 3.88. The first-order valence-corrected chi connectivity index (χ1v) is 9.25. The van der Waals surface area contributed by atoms with Crippen LogP contribution in [0.2, 0.25) is 0 Å². The Bertz CT molecular complexity index is 1050. The molecule has 2 aliphatic rings. The smallest absolute Gasteiger partial charge is 0.420 e. The van der Waals surface area contributed by atoms with Gasteiger partial charge >= 0.3 is 12.1 Å². The fraction of sp³-hybridized carbons (Fsp3) is 0.474. The van der Waals surface area contributed by atoms with Gasteiger partial charge in [-0.05, 0) is 26.0 Å². The second-order valence-corrected chi connectivity index (χ2v) is 7.58. The van der Waals surface area contributed by atoms with E-state index in [9.17, 15) is 27.9 Å². The highest BCUT2D eigenvalue weighted by atomic mass is 19.4. The number of carbonyl (C=O) groups is 1. The molecule has 1 saturated heterocycles. The number of aromatic carboxylic acids is 1. The standard InChI is InChI=1S/C19H19F4N3O3/c1-24-4-6-25(7-5-24)16-13(20)8-11-15(14(16)19(21,22)23)26(10-2-3-10)9-12(17(11)27)18(28)29/h8-10H,2-7H2,1H3,(H,28,29). The molecule has 0 bridgehead atoms. The number of benzene rings is 1. The average molecular weight is 413 g/mol. The highest BCUT2D eigenvalue weighted by molar-refractivity contribution is 5.95. The summed E-state index contributed by atoms with van der Waals surface area (Å²) in [5.74, 6) is -2.72. The molecule has 1 aliphatic carbocycles. The van der Waals surface area contributed by atoms with E-state index in [0.717, 1.165) is 12.3 Å². The molecule has 1 N–H and O–H groups in total. The molecule has 2 fully saturated rings. The number of rotatable bonds is 3. The summed E-state index contributed by atoms with van der Waals surface area (Å²) >= 11 is 0. The normalized spacial score (nSPS) is 18.4. The molecule has 0 radical (unpaired) electrons. The van der Waals surface area contributed by atoms with Crippen LogP contribution in [0.3, 0.4) is 0 Å². The molecule has 2 aromatic rings. The molecule has 1 aromatic heterocycles. The van der Waals surface area contributed by atoms with Crippen molar-refractivity contribution in [1.82, 2.24) is 9.47 Å². The molecule has 0 atom stereocenters. The van der Waals surface area contributed by atoms with Gasteiger partial charge in [-0.15, -0.1) is 0 Å². The number of halogens is 4. The Morgan fingerprint density at radius 3 is 2.31 bits per heavy atom. The maximum atomic E-state index is 15.0. The van der Waals surface area contributed by atoms with Crippen molar-refractivity contribution in [1.29, 1.82) is 0 Å². The van der Waals surface area contributed by atoms with E-state index >= 15 is 4.39 Å². The van der Waals surface area contributed by atoms with Crippen LogP contribution in [-0.4, -0.2) is 53.8 Å². The summed E-state index contributed by atoms with van der Waals surface area (Å²) in [6.45, 7) is 1.37. The van der Waals surface area contributed by atoms with Crippen molar-refractivity contribution in [2.24, 2.45) is 0 Å². The van der Waals surface area contributed by atoms with Gasteiger partial charge in [0.25, 0.3) is 0 Å². The Kier molecular flexibility index (Phi) is 4.56. The van der Waals surface area contributed by atoms with E-state index in [0.29, 0.717) is 25.9 Å². The number of hydrogen-bond acceptors (Lipinski definition) is 4. The van der Waals surface area contributed by atoms with Crippen molar-refractivity contribution in [3.05, 3.63) is 39.4 Å². The molecule has 0 amide bonds. The topological polar surface area (TPSA) is 65.8 Å². The molecule has 1 saturated carbocycles. The van der Waals surface area contributed by atoms with Crippen LogP contribution in [0.4, 0.5) is 23.2 Å². The van der Waals surface area contributed by atoms with Crippen LogP contribution < -0.4 is 10.3 Å². The monoisotopic (exact) mass is 413 g/mol. The predicted octanol–water partition coefficient (Wildman–Crippen LogP) is 2.94. The summed E-state index contributed by atoms with van der Waals surface area (Å²) in [6.07, 6.45) is -2.83. The van der Waals surface area contributed by atoms with Crippen LogP contribution in [0, 0.1) is 5.82 Å². The number of hydrogen-bond donors (Lipinski definition) is 1. The third-order valence-electron chi connectivity index (χ3n) is 5.52. The Hall–Kier alpha value is -2.62. The van der Waals surface area contributed by atoms with Gasteiger partial charge in [-0.1, -0.05) is 0 Å². The van der Waals surface area contributed by atoms with Crippen molar-refractivity contribution >= 4 is 22.6 Å². The second kappa shape index (κ2) is 6.72. The molecule has 10 heteroatoms. The summed E-state index contributed by atoms with van der Waals surface area (Å²) in [5, 5.41) is 8.74. The minimum Gasteiger partial charge on any atom is -0.477 e. The highest BCUT2D eigenvalue weighted by Crippen LogP contribution is 2.46. The van der Waals surface area contributed by atoms with Gasteiger partial charge in [-0.3, -0.25) is 4.79 Å². The van der Waals surface area contributed by atoms with E-state index in [1.165, 1.54) is 9.47 Å². The lowest BCUT2D eigenvalue weighted by molar-refractivity contribution is -0.136. The Morgan fingerprint density at radius 1 is 1.17 bits per heavy atom. The summed E-state index contributed by atoms with van der Waals surface area (Å²) in [4.78, 5) is 27.3. The zero-order chi connectivity index (χ0) is 21.1. The predicted molar refractivity (Wildman–Crippen MR) is 98.1 cm³/mol. The molecule has 0 unspecified atom stereocenters. The van der Waals surface area contributed by atoms with Crippen LogP contribution >= 0.6 is 0 Å². The van der Waals surface area contributed by atoms with Crippen molar-refractivity contribution in [3.63, 3.8) is 0 Å². The lowest BCUT2D eigenvalue weighted by atomic mass is 10.0. The number of alkyl halides is 3. The molecule has 4 rings (SSSR count). The quantitative estimate of drug-likeness (QED) is 0.784. The van der Waals surface area contributed by atoms with Gasteiger partial charge in [-0.2, -0.15) is 13.2 Å². The summed E-state index contributed by atoms with van der Waals surface area (Å²) in [5.41, 5.74) is -4.00. The molecule has 6 nitrogen and oxygen atoms in total. The molecule has 2 heterocycles. The second-order valence-electron chi connectivity index (χ2n) is 7.58. The summed E-state index contributed by atoms with van der Waals surface area (Å²) < 4.78 is 58.8. The van der Waals surface area contributed by atoms with Gasteiger partial charge in [0.2, 0.25) is 5.43 Å². The first-order valence-electron chi connectivity index (χ1n) is 9.25. The van der Waals surface area contributed by atoms with Gasteiger partial charge in [-0.25, -0.2) is 9.18 Å². The van der Waals surface area contributed by atoms with E-state index in [1.807, 2.05) is 11.9 Å². The van der Waals surface area contributed by atoms with Gasteiger partial charge < -0.3 is 19.5 Å². The number of carboxylic acids is 1. The van der Waals surface area contributed by atoms with Crippen LogP contribution in [0.25, 0.3) is 10.9 Å². The molecule has 1 aliphatic heterocycles. The van der Waals surface area contributed by atoms with E-state index in [-0.39, 0.29) is 19.1 Å². The first-order chi connectivity index (χ1) is 13.6. The van der Waals surface area contributed by atoms with Gasteiger partial charge in [0, 0.05) is 38.4 Å². The van der Waals surface area contributed by atoms with E-state index in [4.69, 9.17) is 0 Å². The van der Waals surface area contributed by atoms with E-state index in [2.05, 4.69) is 0 Å². The summed E-state index contributed by atoms with van der Waals surface area (Å²) in [7, 11) is 1.83. The third-order valence-corrected chi connectivity index (χ3v) is 5.52. The number of fused-ring (bicyclic) bond motifs is 1. The van der Waals surface area contributed by atoms with Crippen LogP contribution in [0.1, 0.15) is 34.8 Å². The largest absolute Gasteiger partial charge is 0.477 e. The number of nitrogens with zero attached hydrogens (tertiary/aromatic N) is 3. The Morgan fingerprint density at radius 2 is 1.79 bits per heavy atom. The molecule has 29 heavy (non-hydrogen) atoms. The van der Waals surface area contributed by atoms with E-state index < -0.39 is 51.1 Å². The Balaban J connectivity index is 2.09. The number of carboxylic acid groups (broad SMARTS) is 1. The minimum absolute atomic E-state index is 0.211. The zero-order valence-electron chi connectivity index (χ0n) is 15.6. The number of likely N-dealkylation sites (N-methyl/N-ethyl adjacent to an activating group) is 1. The van der Waals surface area contributed by atoms with E-state index in [1.54, 1.807) is 0 Å². The fourth-order valence-electron chi connectivity index (χ4n) is 3.88. The van der Waals surface area contributed by atoms with Crippen molar-refractivity contribution in [2.75, 3.05) is 38.1 Å². The third kappa shape index (κ3) is 3.35. The molecular weight excluding hydrogens is 394 g/mol. The lowest BCUT2D eigenvalue weighted by Gasteiger charge is -2.36. The molecular formula is C19H19F4N3O3. The Labute approximate surface area is 162 Å². The van der Waals surface area contributed by atoms with Gasteiger partial charge in [0.1, 0.15) is 16.9 Å². The highest BCUT2D eigenvalue weighted by Gasteiger charge is 2.42. The average Bonchev–Trinajstić information content (AvgIpc) is 3.46. The molecule has 1 aromatic carbocycles. The van der Waals surface area contributed by atoms with Crippen molar-refractivity contribution in [3.8, 4) is 0 Å². The van der Waals surface area contributed by atoms with Crippen LogP contribution in [0.5, 0.6) is 0 Å². The summed E-state index contributed by atoms with van der Waals surface area (Å²) in [6, 6.07) is 0.411. The lowest BCUT2D eigenvalue weighted by Crippen LogP contribution is -2.45. The van der Waals surface area contributed by atoms with Crippen molar-refractivity contribution in [2.45, 2.75) is 25.1 Å². The molecule has 156 valence electrons. The van der Waals surface area contributed by atoms with Crippen molar-refractivity contribution < 1.29 is 27.5 Å². The SMILES string of the molecule is CN1CCN(c2c(F)cc3c(=O)c(C(=O)O)cn(C4CC4)c3c2C(F)(F)F)CC1. The van der Waals surface area contributed by atoms with Gasteiger partial charge in [0.15, 0.2) is 0 Å². The number of anilines is 1. The minimum atomic E-state index is -4.92. The number of pyridine rings is 1. The maximum Gasteiger partial charge on any atom is 0.420 e. The molecule has 0 spiro atoms. The van der Waals surface area contributed by atoms with Gasteiger partial charge in [0.05, 0.1) is 16.6 Å². The first kappa shape index (κ1) is 19.7. The van der Waals surface area contributed by atoms with Crippen LogP contribution in [0.15, 0.2) is 17.1 Å². The van der Waals surface area contributed by atoms with Crippen LogP contribution in [-0.2, 0) is 6.18 Å². The number of piperazine rings is 1. The zero-order valence-corrected chi connectivity index (χ0v) is 15.6. The number of aromatic nitrogens is 1.